The number of piperazine rings is 1. The third-order valence-corrected chi connectivity index (χ3v) is 6.37. The van der Waals surface area contributed by atoms with Gasteiger partial charge in [-0.25, -0.2) is 29.9 Å². The number of nitrogens with zero attached hydrogens (tertiary/aromatic N) is 7. The molecule has 2 aromatic heterocycles. The number of methoxy groups -OCH3 is 1. The molecule has 0 radical (unpaired) electrons. The Balaban J connectivity index is 0.000000194. The second-order valence-electron chi connectivity index (χ2n) is 8.81. The van der Waals surface area contributed by atoms with E-state index in [0.717, 1.165) is 0 Å². The van der Waals surface area contributed by atoms with Crippen LogP contribution in [0.3, 0.4) is 0 Å². The van der Waals surface area contributed by atoms with Gasteiger partial charge in [-0.15, -0.1) is 0 Å². The molecule has 0 aliphatic carbocycles. The molecule has 0 atom stereocenters. The summed E-state index contributed by atoms with van der Waals surface area (Å²) in [7, 11) is 4.91. The molecule has 5 rings (SSSR count). The first-order valence-electron chi connectivity index (χ1n) is 12.9. The van der Waals surface area contributed by atoms with E-state index in [1.807, 2.05) is 0 Å². The van der Waals surface area contributed by atoms with Crippen molar-refractivity contribution in [1.82, 2.24) is 24.8 Å². The van der Waals surface area contributed by atoms with Crippen molar-refractivity contribution in [2.45, 2.75) is 0 Å². The molecule has 14 heteroatoms. The molecule has 0 bridgehead atoms. The molecule has 1 saturated heterocycles. The summed E-state index contributed by atoms with van der Waals surface area (Å²) in [6.45, 7) is 6.16. The smallest absolute Gasteiger partial charge is 0.246 e. The molecule has 3 N–H and O–H groups in total. The van der Waals surface area contributed by atoms with Crippen LogP contribution in [-0.4, -0.2) is 78.1 Å². The third-order valence-electron chi connectivity index (χ3n) is 6.37. The van der Waals surface area contributed by atoms with E-state index in [0.29, 0.717) is 66.1 Å². The topological polar surface area (TPSA) is 154 Å². The van der Waals surface area contributed by atoms with E-state index >= 15 is 0 Å². The SMILES string of the molecule is C=CC(=O)N1CCN(c2ncc3ncnc(NC)c3n2)CC1.CNc1ccc(Oc2cccc(F)c2OC)cc1N=N. The number of hydrogen-bond donors (Lipinski definition) is 3. The number of fused-ring (bicyclic) bond motifs is 1. The Bertz CT molecular complexity index is 1580. The van der Waals surface area contributed by atoms with Crippen LogP contribution in [0, 0.1) is 11.3 Å². The number of aromatic nitrogens is 4. The molecule has 0 unspecified atom stereocenters. The van der Waals surface area contributed by atoms with E-state index in [1.165, 1.54) is 31.6 Å². The second-order valence-corrected chi connectivity index (χ2v) is 8.81. The lowest BCUT2D eigenvalue weighted by Crippen LogP contribution is -2.48. The van der Waals surface area contributed by atoms with E-state index in [1.54, 1.807) is 49.5 Å². The number of halogens is 1. The van der Waals surface area contributed by atoms with Crippen LogP contribution in [0.15, 0.2) is 66.7 Å². The number of anilines is 3. The van der Waals surface area contributed by atoms with Gasteiger partial charge in [0.1, 0.15) is 28.8 Å². The lowest BCUT2D eigenvalue weighted by molar-refractivity contribution is -0.126. The molecule has 0 saturated carbocycles. The maximum atomic E-state index is 13.6. The van der Waals surface area contributed by atoms with Crippen molar-refractivity contribution in [1.29, 1.82) is 5.53 Å². The quantitative estimate of drug-likeness (QED) is 0.200. The van der Waals surface area contributed by atoms with Crippen LogP contribution in [0.1, 0.15) is 0 Å². The highest BCUT2D eigenvalue weighted by Crippen LogP contribution is 2.36. The number of para-hydroxylation sites is 1. The summed E-state index contributed by atoms with van der Waals surface area (Å²) in [5.74, 6) is 1.51. The van der Waals surface area contributed by atoms with E-state index in [9.17, 15) is 9.18 Å². The van der Waals surface area contributed by atoms with Gasteiger partial charge in [-0.1, -0.05) is 12.6 Å². The molecule has 1 aliphatic rings. The van der Waals surface area contributed by atoms with Crippen molar-refractivity contribution < 1.29 is 18.7 Å². The van der Waals surface area contributed by atoms with Crippen molar-refractivity contribution >= 4 is 40.1 Å². The van der Waals surface area contributed by atoms with Crippen LogP contribution < -0.4 is 25.0 Å². The van der Waals surface area contributed by atoms with Crippen LogP contribution in [0.4, 0.5) is 27.5 Å². The zero-order valence-corrected chi connectivity index (χ0v) is 23.5. The zero-order chi connectivity index (χ0) is 30.1. The molecule has 13 nitrogen and oxygen atoms in total. The summed E-state index contributed by atoms with van der Waals surface area (Å²) in [5, 5.41) is 9.33. The first-order chi connectivity index (χ1) is 20.4. The number of amides is 1. The van der Waals surface area contributed by atoms with Crippen LogP contribution in [-0.2, 0) is 4.79 Å². The maximum Gasteiger partial charge on any atom is 0.246 e. The fraction of sp³-hybridized carbons (Fsp3) is 0.250. The number of hydrogen-bond acceptors (Lipinski definition) is 12. The van der Waals surface area contributed by atoms with Gasteiger partial charge in [0.25, 0.3) is 0 Å². The Kier molecular flexibility index (Phi) is 9.71. The van der Waals surface area contributed by atoms with Crippen LogP contribution in [0.2, 0.25) is 0 Å². The third kappa shape index (κ3) is 6.66. The normalized spacial score (nSPS) is 12.6. The number of benzene rings is 2. The number of nitrogens with one attached hydrogen (secondary N) is 3. The Morgan fingerprint density at radius 2 is 1.90 bits per heavy atom. The highest BCUT2D eigenvalue weighted by atomic mass is 19.1. The fourth-order valence-electron chi connectivity index (χ4n) is 4.21. The lowest BCUT2D eigenvalue weighted by atomic mass is 10.2. The van der Waals surface area contributed by atoms with Gasteiger partial charge in [0, 0.05) is 46.3 Å². The monoisotopic (exact) mass is 574 g/mol. The summed E-state index contributed by atoms with van der Waals surface area (Å²) in [4.78, 5) is 32.7. The molecule has 1 amide bonds. The van der Waals surface area contributed by atoms with E-state index in [2.05, 4.69) is 47.2 Å². The molecular weight excluding hydrogens is 543 g/mol. The summed E-state index contributed by atoms with van der Waals surface area (Å²) >= 11 is 0. The Morgan fingerprint density at radius 1 is 1.12 bits per heavy atom. The molecule has 0 spiro atoms. The van der Waals surface area contributed by atoms with Crippen molar-refractivity contribution in [3.63, 3.8) is 0 Å². The van der Waals surface area contributed by atoms with Crippen molar-refractivity contribution in [2.75, 3.05) is 62.9 Å². The van der Waals surface area contributed by atoms with Gasteiger partial charge in [-0.2, -0.15) is 5.11 Å². The van der Waals surface area contributed by atoms with Crippen molar-refractivity contribution in [3.8, 4) is 17.2 Å². The second kappa shape index (κ2) is 13.8. The highest BCUT2D eigenvalue weighted by Gasteiger charge is 2.21. The van der Waals surface area contributed by atoms with Crippen molar-refractivity contribution in [3.05, 3.63) is 67.4 Å². The average Bonchev–Trinajstić information content (AvgIpc) is 3.04. The summed E-state index contributed by atoms with van der Waals surface area (Å²) < 4.78 is 24.1. The predicted molar refractivity (Wildman–Crippen MR) is 157 cm³/mol. The zero-order valence-electron chi connectivity index (χ0n) is 23.5. The molecule has 2 aromatic carbocycles. The Labute approximate surface area is 241 Å². The van der Waals surface area contributed by atoms with Crippen LogP contribution >= 0.6 is 0 Å². The van der Waals surface area contributed by atoms with Gasteiger partial charge in [-0.05, 0) is 30.3 Å². The van der Waals surface area contributed by atoms with Gasteiger partial charge in [-0.3, -0.25) is 4.79 Å². The molecule has 218 valence electrons. The van der Waals surface area contributed by atoms with E-state index in [-0.39, 0.29) is 17.4 Å². The summed E-state index contributed by atoms with van der Waals surface area (Å²) in [5.41, 5.74) is 9.65. The first-order valence-corrected chi connectivity index (χ1v) is 12.9. The standard InChI is InChI=1S/C14H14FN3O2.C14H17N7O/c1-17-11-7-6-9(8-12(11)18-16)20-13-5-3-4-10(15)14(13)19-2;1-3-11(22)20-4-6-21(7-5-20)14-16-8-10-12(19-14)13(15-2)18-9-17-10/h3-8,16-17H,1-2H3;3,8-9H,1,4-7H2,2H3,(H,15,17,18). The van der Waals surface area contributed by atoms with Crippen LogP contribution in [0.25, 0.3) is 11.0 Å². The lowest BCUT2D eigenvalue weighted by Gasteiger charge is -2.34. The average molecular weight is 575 g/mol. The van der Waals surface area contributed by atoms with Crippen LogP contribution in [0.5, 0.6) is 17.2 Å². The highest BCUT2D eigenvalue weighted by molar-refractivity contribution is 5.87. The minimum Gasteiger partial charge on any atom is -0.490 e. The fourth-order valence-corrected chi connectivity index (χ4v) is 4.21. The number of carbonyl (C=O) groups excluding carboxylic acids is 1. The van der Waals surface area contributed by atoms with Gasteiger partial charge >= 0.3 is 0 Å². The number of ether oxygens (including phenoxy) is 2. The molecular formula is C28H31FN10O3. The van der Waals surface area contributed by atoms with Gasteiger partial charge < -0.3 is 29.9 Å². The molecule has 4 aromatic rings. The van der Waals surface area contributed by atoms with Gasteiger partial charge in [0.2, 0.25) is 11.9 Å². The maximum absolute atomic E-state index is 13.6. The Hall–Kier alpha value is -5.40. The minimum absolute atomic E-state index is 0.0366. The molecule has 3 heterocycles. The number of carbonyl (C=O) groups is 1. The Morgan fingerprint density at radius 3 is 2.57 bits per heavy atom. The van der Waals surface area contributed by atoms with E-state index in [4.69, 9.17) is 15.0 Å². The minimum atomic E-state index is -0.498. The summed E-state index contributed by atoms with van der Waals surface area (Å²) in [6.07, 6.45) is 4.52. The summed E-state index contributed by atoms with van der Waals surface area (Å²) in [6, 6.07) is 9.44. The van der Waals surface area contributed by atoms with Gasteiger partial charge in [0.15, 0.2) is 23.1 Å². The largest absolute Gasteiger partial charge is 0.490 e. The van der Waals surface area contributed by atoms with E-state index < -0.39 is 5.82 Å². The van der Waals surface area contributed by atoms with Crippen molar-refractivity contribution in [2.24, 2.45) is 5.11 Å². The first kappa shape index (κ1) is 29.6. The van der Waals surface area contributed by atoms with Gasteiger partial charge in [0.05, 0.1) is 19.0 Å². The number of rotatable bonds is 8. The molecule has 42 heavy (non-hydrogen) atoms. The molecule has 1 aliphatic heterocycles. The molecule has 1 fully saturated rings. The predicted octanol–water partition coefficient (Wildman–Crippen LogP) is 4.63.